The summed E-state index contributed by atoms with van der Waals surface area (Å²) in [5.74, 6) is 0.631. The van der Waals surface area contributed by atoms with Crippen molar-refractivity contribution in [2.45, 2.75) is 38.0 Å². The lowest BCUT2D eigenvalue weighted by Gasteiger charge is -2.44. The second kappa shape index (κ2) is 15.9. The van der Waals surface area contributed by atoms with Gasteiger partial charge in [0.25, 0.3) is 0 Å². The van der Waals surface area contributed by atoms with Gasteiger partial charge in [0.15, 0.2) is 23.9 Å². The Morgan fingerprint density at radius 3 is 2.33 bits per heavy atom. The number of carbonyl (C=O) groups excluding carboxylic acids is 2. The number of esters is 1. The van der Waals surface area contributed by atoms with Crippen molar-refractivity contribution in [2.24, 2.45) is 5.92 Å². The van der Waals surface area contributed by atoms with Gasteiger partial charge in [0, 0.05) is 24.2 Å². The highest BCUT2D eigenvalue weighted by molar-refractivity contribution is 6.35. The Morgan fingerprint density at radius 1 is 1.00 bits per heavy atom. The van der Waals surface area contributed by atoms with Gasteiger partial charge in [-0.1, -0.05) is 47.5 Å². The summed E-state index contributed by atoms with van der Waals surface area (Å²) in [7, 11) is 3.02. The SMILES string of the molecule is COc1ccc(C(Cc2c(Cl)c[n+]([O-])cc2Cl)OC(=O)c2ccc(CN(C(=O)O[C@H]3CN4CCC3CC4)c3cccc(C#N)c3)cc2)cc1OC. The van der Waals surface area contributed by atoms with E-state index >= 15 is 0 Å². The normalized spacial score (nSPS) is 18.3. The Balaban J connectivity index is 1.23. The number of nitrogens with zero attached hydrogens (tertiary/aromatic N) is 4. The fourth-order valence-electron chi connectivity index (χ4n) is 6.56. The van der Waals surface area contributed by atoms with Crippen molar-refractivity contribution in [1.29, 1.82) is 5.26 Å². The van der Waals surface area contributed by atoms with Crippen LogP contribution in [0.15, 0.2) is 79.1 Å². The first kappa shape index (κ1) is 35.8. The van der Waals surface area contributed by atoms with Crippen LogP contribution < -0.4 is 19.1 Å². The Kier molecular flexibility index (Phi) is 11.2. The fraction of sp³-hybridized carbons (Fsp3) is 0.316. The number of benzene rings is 3. The number of fused-ring (bicyclic) bond motifs is 3. The first-order chi connectivity index (χ1) is 24.6. The number of anilines is 1. The number of methoxy groups -OCH3 is 2. The van der Waals surface area contributed by atoms with Gasteiger partial charge in [-0.15, -0.1) is 0 Å². The zero-order valence-corrected chi connectivity index (χ0v) is 29.6. The van der Waals surface area contributed by atoms with Crippen LogP contribution in [-0.4, -0.2) is 56.9 Å². The average Bonchev–Trinajstić information content (AvgIpc) is 3.15. The van der Waals surface area contributed by atoms with E-state index in [0.717, 1.165) is 31.5 Å². The van der Waals surface area contributed by atoms with E-state index in [0.29, 0.717) is 51.1 Å². The molecule has 13 heteroatoms. The van der Waals surface area contributed by atoms with E-state index < -0.39 is 18.2 Å². The average molecular weight is 732 g/mol. The van der Waals surface area contributed by atoms with Gasteiger partial charge in [-0.25, -0.2) is 9.59 Å². The number of halogens is 2. The highest BCUT2D eigenvalue weighted by Crippen LogP contribution is 2.36. The van der Waals surface area contributed by atoms with Gasteiger partial charge in [-0.2, -0.15) is 9.99 Å². The van der Waals surface area contributed by atoms with Crippen LogP contribution in [0.25, 0.3) is 0 Å². The van der Waals surface area contributed by atoms with Crippen molar-refractivity contribution < 1.29 is 33.3 Å². The third kappa shape index (κ3) is 8.31. The van der Waals surface area contributed by atoms with Gasteiger partial charge >= 0.3 is 12.1 Å². The van der Waals surface area contributed by atoms with Crippen molar-refractivity contribution in [3.63, 3.8) is 0 Å². The van der Waals surface area contributed by atoms with Gasteiger partial charge in [0.05, 0.1) is 38.0 Å². The highest BCUT2D eigenvalue weighted by Gasteiger charge is 2.37. The molecule has 3 saturated heterocycles. The molecule has 2 atom stereocenters. The van der Waals surface area contributed by atoms with Crippen molar-refractivity contribution in [3.8, 4) is 17.6 Å². The molecule has 0 saturated carbocycles. The predicted molar refractivity (Wildman–Crippen MR) is 190 cm³/mol. The molecule has 0 N–H and O–H groups in total. The predicted octanol–water partition coefficient (Wildman–Crippen LogP) is 6.89. The maximum absolute atomic E-state index is 13.7. The minimum Gasteiger partial charge on any atom is -0.619 e. The molecule has 7 rings (SSSR count). The highest BCUT2D eigenvalue weighted by atomic mass is 35.5. The molecule has 1 amide bonds. The molecule has 264 valence electrons. The van der Waals surface area contributed by atoms with Gasteiger partial charge in [-0.05, 0) is 85.4 Å². The van der Waals surface area contributed by atoms with Crippen molar-refractivity contribution in [2.75, 3.05) is 38.8 Å². The van der Waals surface area contributed by atoms with Crippen LogP contribution in [0.1, 0.15) is 51.6 Å². The van der Waals surface area contributed by atoms with Crippen LogP contribution in [0.4, 0.5) is 10.5 Å². The molecule has 4 heterocycles. The van der Waals surface area contributed by atoms with E-state index in [4.69, 9.17) is 42.1 Å². The minimum absolute atomic E-state index is 0.0657. The van der Waals surface area contributed by atoms with Crippen molar-refractivity contribution in [1.82, 2.24) is 4.90 Å². The number of hydrogen-bond acceptors (Lipinski definition) is 9. The smallest absolute Gasteiger partial charge is 0.414 e. The number of carbonyl (C=O) groups is 2. The Hall–Kier alpha value is -5.02. The molecule has 3 aromatic carbocycles. The molecular weight excluding hydrogens is 695 g/mol. The molecule has 1 aromatic heterocycles. The number of amides is 1. The van der Waals surface area contributed by atoms with E-state index in [-0.39, 0.29) is 34.7 Å². The second-order valence-corrected chi connectivity index (χ2v) is 13.3. The van der Waals surface area contributed by atoms with E-state index in [1.165, 1.54) is 31.5 Å². The maximum Gasteiger partial charge on any atom is 0.414 e. The molecule has 1 unspecified atom stereocenters. The Morgan fingerprint density at radius 2 is 1.71 bits per heavy atom. The first-order valence-corrected chi connectivity index (χ1v) is 17.2. The number of ether oxygens (including phenoxy) is 4. The number of aromatic nitrogens is 1. The Bertz CT molecular complexity index is 1920. The monoisotopic (exact) mass is 730 g/mol. The van der Waals surface area contributed by atoms with E-state index in [9.17, 15) is 20.1 Å². The number of pyridine rings is 1. The van der Waals surface area contributed by atoms with Crippen LogP contribution in [0.3, 0.4) is 0 Å². The van der Waals surface area contributed by atoms with Crippen molar-refractivity contribution in [3.05, 3.63) is 122 Å². The van der Waals surface area contributed by atoms with E-state index in [1.54, 1.807) is 66.7 Å². The van der Waals surface area contributed by atoms with Gasteiger partial charge < -0.3 is 24.2 Å². The summed E-state index contributed by atoms with van der Waals surface area (Å²) in [6, 6.07) is 20.8. The molecule has 0 aliphatic carbocycles. The maximum atomic E-state index is 13.7. The lowest BCUT2D eigenvalue weighted by molar-refractivity contribution is -0.605. The standard InChI is InChI=1S/C38H36Cl2N4O7/c1-48-33-11-10-28(17-35(33)49-2)34(18-30-31(39)21-43(47)22-32(30)40)50-37(45)27-8-6-24(7-9-27)20-44(29-5-3-4-25(16-29)19-41)38(46)51-36-23-42-14-12-26(36)13-15-42/h3-11,16-17,21-22,26,34,36H,12-15,18,20,23H2,1-2H3/t34?,36-/m0/s1. The largest absolute Gasteiger partial charge is 0.619 e. The molecule has 0 radical (unpaired) electrons. The number of piperidine rings is 3. The lowest BCUT2D eigenvalue weighted by Crippen LogP contribution is -2.53. The van der Waals surface area contributed by atoms with E-state index in [2.05, 4.69) is 11.0 Å². The molecule has 11 nitrogen and oxygen atoms in total. The van der Waals surface area contributed by atoms with Crippen LogP contribution in [0.5, 0.6) is 11.5 Å². The molecule has 3 aliphatic heterocycles. The minimum atomic E-state index is -0.876. The lowest BCUT2D eigenvalue weighted by atomic mass is 9.86. The molecular formula is C38H36Cl2N4O7. The third-order valence-electron chi connectivity index (χ3n) is 9.36. The summed E-state index contributed by atoms with van der Waals surface area (Å²) in [5, 5.41) is 21.7. The van der Waals surface area contributed by atoms with E-state index in [1.807, 2.05) is 0 Å². The fourth-order valence-corrected chi connectivity index (χ4v) is 7.16. The first-order valence-electron chi connectivity index (χ1n) is 16.4. The van der Waals surface area contributed by atoms with Crippen molar-refractivity contribution >= 4 is 41.0 Å². The topological polar surface area (TPSA) is 128 Å². The summed E-state index contributed by atoms with van der Waals surface area (Å²) in [5.41, 5.74) is 2.95. The quantitative estimate of drug-likeness (QED) is 0.0920. The molecule has 3 aliphatic rings. The van der Waals surface area contributed by atoms with Gasteiger partial charge in [0.2, 0.25) is 0 Å². The van der Waals surface area contributed by atoms with Crippen LogP contribution >= 0.6 is 23.2 Å². The second-order valence-electron chi connectivity index (χ2n) is 12.5. The summed E-state index contributed by atoms with van der Waals surface area (Å²) in [6.07, 6.45) is 2.86. The van der Waals surface area contributed by atoms with Crippen LogP contribution in [-0.2, 0) is 22.4 Å². The van der Waals surface area contributed by atoms with Gasteiger partial charge in [0.1, 0.15) is 22.3 Å². The summed E-state index contributed by atoms with van der Waals surface area (Å²) >= 11 is 12.8. The zero-order valence-electron chi connectivity index (χ0n) is 28.1. The summed E-state index contributed by atoms with van der Waals surface area (Å²) in [6.45, 7) is 2.89. The zero-order chi connectivity index (χ0) is 36.1. The van der Waals surface area contributed by atoms with Crippen LogP contribution in [0.2, 0.25) is 10.0 Å². The number of nitriles is 1. The summed E-state index contributed by atoms with van der Waals surface area (Å²) < 4.78 is 23.5. The number of hydrogen-bond donors (Lipinski definition) is 0. The molecule has 4 aromatic rings. The Labute approximate surface area is 306 Å². The molecule has 3 fully saturated rings. The number of rotatable bonds is 11. The molecule has 0 spiro atoms. The molecule has 51 heavy (non-hydrogen) atoms. The van der Waals surface area contributed by atoms with Crippen LogP contribution in [0, 0.1) is 22.5 Å². The van der Waals surface area contributed by atoms with Gasteiger partial charge in [-0.3, -0.25) is 9.80 Å². The molecule has 2 bridgehead atoms. The third-order valence-corrected chi connectivity index (χ3v) is 10.0. The summed E-state index contributed by atoms with van der Waals surface area (Å²) in [4.78, 5) is 31.1.